The first-order valence-corrected chi connectivity index (χ1v) is 9.55. The Morgan fingerprint density at radius 3 is 2.70 bits per heavy atom. The van der Waals surface area contributed by atoms with Crippen molar-refractivity contribution in [2.24, 2.45) is 11.7 Å². The molecule has 0 radical (unpaired) electrons. The van der Waals surface area contributed by atoms with E-state index in [-0.39, 0.29) is 11.9 Å². The van der Waals surface area contributed by atoms with Crippen LogP contribution < -0.4 is 16.4 Å². The number of aryl methyl sites for hydroxylation is 1. The van der Waals surface area contributed by atoms with Crippen LogP contribution in [0.2, 0.25) is 0 Å². The van der Waals surface area contributed by atoms with Gasteiger partial charge in [-0.15, -0.1) is 0 Å². The first-order valence-electron chi connectivity index (χ1n) is 9.55. The number of nitrogens with two attached hydrogens (primary N) is 1. The molecule has 2 amide bonds. The van der Waals surface area contributed by atoms with E-state index < -0.39 is 5.91 Å². The third-order valence-electron chi connectivity index (χ3n) is 5.37. The van der Waals surface area contributed by atoms with Crippen molar-refractivity contribution in [1.82, 2.24) is 20.4 Å². The number of rotatable bonds is 7. The molecule has 2 aliphatic rings. The van der Waals surface area contributed by atoms with Gasteiger partial charge in [0.2, 0.25) is 5.91 Å². The molecule has 2 atom stereocenters. The average molecular weight is 367 g/mol. The molecule has 27 heavy (non-hydrogen) atoms. The summed E-state index contributed by atoms with van der Waals surface area (Å²) in [6.07, 6.45) is 5.37. The Labute approximate surface area is 158 Å². The van der Waals surface area contributed by atoms with Gasteiger partial charge in [-0.05, 0) is 43.7 Å². The molecule has 0 saturated heterocycles. The summed E-state index contributed by atoms with van der Waals surface area (Å²) in [5.74, 6) is -0.0783. The Hall–Kier alpha value is -2.67. The number of primary amides is 1. The van der Waals surface area contributed by atoms with Crippen molar-refractivity contribution < 1.29 is 9.59 Å². The molecule has 2 aromatic rings. The van der Waals surface area contributed by atoms with E-state index in [9.17, 15) is 9.59 Å². The van der Waals surface area contributed by atoms with Crippen LogP contribution in [0.15, 0.2) is 36.5 Å². The van der Waals surface area contributed by atoms with Crippen molar-refractivity contribution in [3.63, 3.8) is 0 Å². The highest BCUT2D eigenvalue weighted by Gasteiger charge is 2.30. The monoisotopic (exact) mass is 367 g/mol. The van der Waals surface area contributed by atoms with E-state index in [4.69, 9.17) is 5.73 Å². The molecule has 7 nitrogen and oxygen atoms in total. The topological polar surface area (TPSA) is 102 Å². The number of benzene rings is 1. The van der Waals surface area contributed by atoms with Crippen molar-refractivity contribution in [2.75, 3.05) is 6.54 Å². The Balaban J connectivity index is 1.43. The summed E-state index contributed by atoms with van der Waals surface area (Å²) in [4.78, 5) is 24.3. The molecule has 0 unspecified atom stereocenters. The first kappa shape index (κ1) is 17.7. The molecule has 1 aromatic heterocycles. The molecule has 0 bridgehead atoms. The second-order valence-electron chi connectivity index (χ2n) is 7.49. The molecular weight excluding hydrogens is 342 g/mol. The molecule has 2 heterocycles. The lowest BCUT2D eigenvalue weighted by molar-refractivity contribution is -0.123. The SMILES string of the molecule is NC(=O)c1cnn2c1C[C@H](CN[C@@H](C(=O)NC1CC1)c1ccccc1)CC2. The van der Waals surface area contributed by atoms with Gasteiger partial charge in [0.1, 0.15) is 6.04 Å². The highest BCUT2D eigenvalue weighted by molar-refractivity contribution is 5.93. The fraction of sp³-hybridized carbons (Fsp3) is 0.450. The number of carbonyl (C=O) groups excluding carboxylic acids is 2. The van der Waals surface area contributed by atoms with Crippen LogP contribution >= 0.6 is 0 Å². The molecule has 1 aromatic carbocycles. The molecule has 1 aliphatic carbocycles. The number of amides is 2. The number of hydrogen-bond acceptors (Lipinski definition) is 4. The van der Waals surface area contributed by atoms with Crippen LogP contribution in [-0.2, 0) is 17.8 Å². The lowest BCUT2D eigenvalue weighted by Crippen LogP contribution is -2.41. The normalized spacial score (nSPS) is 19.9. The minimum atomic E-state index is -0.434. The summed E-state index contributed by atoms with van der Waals surface area (Å²) < 4.78 is 1.87. The molecule has 1 fully saturated rings. The van der Waals surface area contributed by atoms with Crippen LogP contribution in [0.4, 0.5) is 0 Å². The maximum absolute atomic E-state index is 12.7. The van der Waals surface area contributed by atoms with E-state index in [1.807, 2.05) is 35.0 Å². The Morgan fingerprint density at radius 2 is 2.00 bits per heavy atom. The molecule has 0 spiro atoms. The predicted octanol–water partition coefficient (Wildman–Crippen LogP) is 1.15. The van der Waals surface area contributed by atoms with Crippen molar-refractivity contribution in [2.45, 2.75) is 44.3 Å². The van der Waals surface area contributed by atoms with E-state index in [1.165, 1.54) is 0 Å². The molecule has 4 rings (SSSR count). The zero-order valence-electron chi connectivity index (χ0n) is 15.2. The van der Waals surface area contributed by atoms with Crippen molar-refractivity contribution >= 4 is 11.8 Å². The van der Waals surface area contributed by atoms with Gasteiger partial charge >= 0.3 is 0 Å². The van der Waals surface area contributed by atoms with Crippen LogP contribution in [0.3, 0.4) is 0 Å². The lowest BCUT2D eigenvalue weighted by atomic mass is 9.93. The Morgan fingerprint density at radius 1 is 1.22 bits per heavy atom. The summed E-state index contributed by atoms with van der Waals surface area (Å²) in [5, 5.41) is 10.8. The van der Waals surface area contributed by atoms with Crippen LogP contribution in [-0.4, -0.2) is 34.2 Å². The molecule has 4 N–H and O–H groups in total. The Kier molecular flexibility index (Phi) is 4.94. The van der Waals surface area contributed by atoms with Crippen LogP contribution in [0.5, 0.6) is 0 Å². The van der Waals surface area contributed by atoms with Gasteiger partial charge in [0.25, 0.3) is 5.91 Å². The Bertz CT molecular complexity index is 828. The third-order valence-corrected chi connectivity index (χ3v) is 5.37. The molecule has 1 saturated carbocycles. The zero-order chi connectivity index (χ0) is 18.8. The minimum absolute atomic E-state index is 0.0300. The van der Waals surface area contributed by atoms with Gasteiger partial charge in [-0.1, -0.05) is 30.3 Å². The number of hydrogen-bond donors (Lipinski definition) is 3. The van der Waals surface area contributed by atoms with Gasteiger partial charge in [-0.25, -0.2) is 0 Å². The number of fused-ring (bicyclic) bond motifs is 1. The quantitative estimate of drug-likeness (QED) is 0.683. The van der Waals surface area contributed by atoms with Crippen molar-refractivity contribution in [3.05, 3.63) is 53.3 Å². The number of carbonyl (C=O) groups is 2. The lowest BCUT2D eigenvalue weighted by Gasteiger charge is -2.27. The maximum Gasteiger partial charge on any atom is 0.252 e. The predicted molar refractivity (Wildman–Crippen MR) is 101 cm³/mol. The van der Waals surface area contributed by atoms with Crippen LogP contribution in [0, 0.1) is 5.92 Å². The van der Waals surface area contributed by atoms with Crippen molar-refractivity contribution in [3.8, 4) is 0 Å². The summed E-state index contributed by atoms with van der Waals surface area (Å²) in [6, 6.07) is 9.77. The largest absolute Gasteiger partial charge is 0.365 e. The first-order chi connectivity index (χ1) is 13.1. The smallest absolute Gasteiger partial charge is 0.252 e. The standard InChI is InChI=1S/C20H25N5O2/c21-19(26)16-12-23-25-9-8-13(10-17(16)25)11-22-18(14-4-2-1-3-5-14)20(27)24-15-6-7-15/h1-5,12-13,15,18,22H,6-11H2,(H2,21,26)(H,24,27)/t13-,18-/m1/s1. The second-order valence-corrected chi connectivity index (χ2v) is 7.49. The fourth-order valence-corrected chi connectivity index (χ4v) is 3.68. The number of aromatic nitrogens is 2. The van der Waals surface area contributed by atoms with E-state index in [0.29, 0.717) is 24.1 Å². The van der Waals surface area contributed by atoms with E-state index in [0.717, 1.165) is 43.5 Å². The highest BCUT2D eigenvalue weighted by atomic mass is 16.2. The molecule has 142 valence electrons. The second kappa shape index (κ2) is 7.52. The zero-order valence-corrected chi connectivity index (χ0v) is 15.2. The molecule has 1 aliphatic heterocycles. The van der Waals surface area contributed by atoms with Crippen LogP contribution in [0.25, 0.3) is 0 Å². The van der Waals surface area contributed by atoms with Gasteiger partial charge in [0.05, 0.1) is 17.5 Å². The fourth-order valence-electron chi connectivity index (χ4n) is 3.68. The maximum atomic E-state index is 12.7. The van der Waals surface area contributed by atoms with Gasteiger partial charge < -0.3 is 16.4 Å². The van der Waals surface area contributed by atoms with Gasteiger partial charge in [-0.2, -0.15) is 5.10 Å². The summed E-state index contributed by atoms with van der Waals surface area (Å²) in [5.41, 5.74) is 7.83. The summed E-state index contributed by atoms with van der Waals surface area (Å²) >= 11 is 0. The number of nitrogens with zero attached hydrogens (tertiary/aromatic N) is 2. The minimum Gasteiger partial charge on any atom is -0.365 e. The number of nitrogens with one attached hydrogen (secondary N) is 2. The third kappa shape index (κ3) is 4.03. The molecular formula is C20H25N5O2. The average Bonchev–Trinajstić information content (AvgIpc) is 3.38. The van der Waals surface area contributed by atoms with E-state index >= 15 is 0 Å². The summed E-state index contributed by atoms with van der Waals surface area (Å²) in [6.45, 7) is 1.46. The molecule has 7 heteroatoms. The summed E-state index contributed by atoms with van der Waals surface area (Å²) in [7, 11) is 0. The van der Waals surface area contributed by atoms with Crippen molar-refractivity contribution in [1.29, 1.82) is 0 Å². The van der Waals surface area contributed by atoms with Gasteiger partial charge in [0.15, 0.2) is 0 Å². The van der Waals surface area contributed by atoms with Gasteiger partial charge in [-0.3, -0.25) is 14.3 Å². The van der Waals surface area contributed by atoms with E-state index in [1.54, 1.807) is 6.20 Å². The highest BCUT2D eigenvalue weighted by Crippen LogP contribution is 2.24. The van der Waals surface area contributed by atoms with Gasteiger partial charge in [0, 0.05) is 12.6 Å². The van der Waals surface area contributed by atoms with E-state index in [2.05, 4.69) is 15.7 Å². The van der Waals surface area contributed by atoms with Crippen LogP contribution in [0.1, 0.15) is 46.9 Å².